The normalized spacial score (nSPS) is 25.4. The molecule has 2 rings (SSSR count). The van der Waals surface area contributed by atoms with Gasteiger partial charge in [-0.05, 0) is 38.9 Å². The summed E-state index contributed by atoms with van der Waals surface area (Å²) in [4.78, 5) is 6.91. The van der Waals surface area contributed by atoms with E-state index in [4.69, 9.17) is 4.74 Å². The third-order valence-corrected chi connectivity index (χ3v) is 3.52. The standard InChI is InChI=1S/C15H25N3O/c1-5-16-13(4)14-6-7-15(17-8-14)18-9-11(2)19-12(3)10-18/h6-8,11-13,16H,5,9-10H2,1-4H3. The van der Waals surface area contributed by atoms with Crippen molar-refractivity contribution in [3.8, 4) is 0 Å². The summed E-state index contributed by atoms with van der Waals surface area (Å²) in [7, 11) is 0. The van der Waals surface area contributed by atoms with E-state index in [1.165, 1.54) is 5.56 Å². The summed E-state index contributed by atoms with van der Waals surface area (Å²) in [6.07, 6.45) is 2.52. The maximum atomic E-state index is 5.75. The Labute approximate surface area is 116 Å². The van der Waals surface area contributed by atoms with Crippen LogP contribution in [-0.2, 0) is 4.74 Å². The van der Waals surface area contributed by atoms with Gasteiger partial charge in [-0.3, -0.25) is 0 Å². The third kappa shape index (κ3) is 3.67. The molecule has 3 unspecified atom stereocenters. The number of rotatable bonds is 4. The maximum Gasteiger partial charge on any atom is 0.128 e. The summed E-state index contributed by atoms with van der Waals surface area (Å²) in [6.45, 7) is 11.3. The van der Waals surface area contributed by atoms with Crippen LogP contribution in [0.5, 0.6) is 0 Å². The number of hydrogen-bond acceptors (Lipinski definition) is 4. The molecule has 0 radical (unpaired) electrons. The van der Waals surface area contributed by atoms with Crippen LogP contribution in [0.1, 0.15) is 39.3 Å². The average molecular weight is 263 g/mol. The molecule has 1 aromatic heterocycles. The fourth-order valence-electron chi connectivity index (χ4n) is 2.63. The molecule has 4 heteroatoms. The molecule has 3 atom stereocenters. The molecular weight excluding hydrogens is 238 g/mol. The van der Waals surface area contributed by atoms with Crippen LogP contribution < -0.4 is 10.2 Å². The van der Waals surface area contributed by atoms with Crippen LogP contribution in [-0.4, -0.2) is 36.8 Å². The fourth-order valence-corrected chi connectivity index (χ4v) is 2.63. The van der Waals surface area contributed by atoms with Gasteiger partial charge < -0.3 is 15.0 Å². The molecule has 0 aromatic carbocycles. The van der Waals surface area contributed by atoms with E-state index in [0.717, 1.165) is 25.5 Å². The van der Waals surface area contributed by atoms with Crippen LogP contribution in [0.3, 0.4) is 0 Å². The first-order valence-corrected chi connectivity index (χ1v) is 7.20. The maximum absolute atomic E-state index is 5.75. The van der Waals surface area contributed by atoms with Crippen molar-refractivity contribution in [3.05, 3.63) is 23.9 Å². The number of hydrogen-bond donors (Lipinski definition) is 1. The minimum atomic E-state index is 0.269. The van der Waals surface area contributed by atoms with E-state index >= 15 is 0 Å². The van der Waals surface area contributed by atoms with Crippen LogP contribution >= 0.6 is 0 Å². The lowest BCUT2D eigenvalue weighted by atomic mass is 10.1. The summed E-state index contributed by atoms with van der Waals surface area (Å²) in [5.41, 5.74) is 1.24. The highest BCUT2D eigenvalue weighted by molar-refractivity contribution is 5.40. The average Bonchev–Trinajstić information content (AvgIpc) is 2.38. The molecule has 1 fully saturated rings. The van der Waals surface area contributed by atoms with E-state index < -0.39 is 0 Å². The Bertz CT molecular complexity index is 383. The number of aromatic nitrogens is 1. The second-order valence-electron chi connectivity index (χ2n) is 5.39. The SMILES string of the molecule is CCNC(C)c1ccc(N2CC(C)OC(C)C2)nc1. The Hall–Kier alpha value is -1.13. The second kappa shape index (κ2) is 6.35. The molecule has 2 heterocycles. The van der Waals surface area contributed by atoms with Crippen molar-refractivity contribution >= 4 is 5.82 Å². The van der Waals surface area contributed by atoms with Crippen molar-refractivity contribution in [2.75, 3.05) is 24.5 Å². The lowest BCUT2D eigenvalue weighted by molar-refractivity contribution is -0.00546. The molecule has 19 heavy (non-hydrogen) atoms. The van der Waals surface area contributed by atoms with Gasteiger partial charge in [0.05, 0.1) is 12.2 Å². The Morgan fingerprint density at radius 1 is 1.37 bits per heavy atom. The van der Waals surface area contributed by atoms with Gasteiger partial charge in [0.15, 0.2) is 0 Å². The molecule has 0 bridgehead atoms. The summed E-state index contributed by atoms with van der Waals surface area (Å²) in [6, 6.07) is 4.64. The Morgan fingerprint density at radius 3 is 2.58 bits per heavy atom. The van der Waals surface area contributed by atoms with Gasteiger partial charge in [-0.15, -0.1) is 0 Å². The number of pyridine rings is 1. The van der Waals surface area contributed by atoms with Crippen molar-refractivity contribution in [3.63, 3.8) is 0 Å². The largest absolute Gasteiger partial charge is 0.372 e. The molecule has 0 saturated carbocycles. The highest BCUT2D eigenvalue weighted by Crippen LogP contribution is 2.20. The summed E-state index contributed by atoms with van der Waals surface area (Å²) in [5.74, 6) is 1.05. The molecule has 4 nitrogen and oxygen atoms in total. The highest BCUT2D eigenvalue weighted by atomic mass is 16.5. The van der Waals surface area contributed by atoms with Gasteiger partial charge in [0.2, 0.25) is 0 Å². The van der Waals surface area contributed by atoms with Crippen molar-refractivity contribution in [1.82, 2.24) is 10.3 Å². The first-order valence-electron chi connectivity index (χ1n) is 7.20. The van der Waals surface area contributed by atoms with Gasteiger partial charge in [-0.25, -0.2) is 4.98 Å². The Morgan fingerprint density at radius 2 is 2.05 bits per heavy atom. The zero-order valence-electron chi connectivity index (χ0n) is 12.4. The van der Waals surface area contributed by atoms with Crippen LogP contribution in [0.4, 0.5) is 5.82 Å². The quantitative estimate of drug-likeness (QED) is 0.905. The summed E-state index contributed by atoms with van der Waals surface area (Å²) in [5, 5.41) is 3.40. The van der Waals surface area contributed by atoms with Crippen molar-refractivity contribution in [2.24, 2.45) is 0 Å². The van der Waals surface area contributed by atoms with Crippen LogP contribution in [0.25, 0.3) is 0 Å². The molecule has 1 N–H and O–H groups in total. The van der Waals surface area contributed by atoms with E-state index in [2.05, 4.69) is 55.0 Å². The molecule has 1 aliphatic heterocycles. The molecular formula is C15H25N3O. The van der Waals surface area contributed by atoms with Crippen molar-refractivity contribution < 1.29 is 4.74 Å². The van der Waals surface area contributed by atoms with Gasteiger partial charge in [-0.1, -0.05) is 13.0 Å². The fraction of sp³-hybridized carbons (Fsp3) is 0.667. The number of nitrogens with zero attached hydrogens (tertiary/aromatic N) is 2. The zero-order valence-corrected chi connectivity index (χ0v) is 12.4. The number of ether oxygens (including phenoxy) is 1. The lowest BCUT2D eigenvalue weighted by Gasteiger charge is -2.36. The van der Waals surface area contributed by atoms with E-state index in [9.17, 15) is 0 Å². The minimum absolute atomic E-state index is 0.269. The van der Waals surface area contributed by atoms with Gasteiger partial charge in [0, 0.05) is 25.3 Å². The Balaban J connectivity index is 2.05. The number of nitrogens with one attached hydrogen (secondary N) is 1. The van der Waals surface area contributed by atoms with E-state index in [-0.39, 0.29) is 12.2 Å². The molecule has 0 spiro atoms. The van der Waals surface area contributed by atoms with Gasteiger partial charge in [0.25, 0.3) is 0 Å². The summed E-state index contributed by atoms with van der Waals surface area (Å²) >= 11 is 0. The molecule has 0 aliphatic carbocycles. The van der Waals surface area contributed by atoms with Gasteiger partial charge >= 0.3 is 0 Å². The third-order valence-electron chi connectivity index (χ3n) is 3.52. The van der Waals surface area contributed by atoms with E-state index in [0.29, 0.717) is 6.04 Å². The van der Waals surface area contributed by atoms with Crippen LogP contribution in [0.15, 0.2) is 18.3 Å². The van der Waals surface area contributed by atoms with Crippen LogP contribution in [0, 0.1) is 0 Å². The summed E-state index contributed by atoms with van der Waals surface area (Å²) < 4.78 is 5.75. The zero-order chi connectivity index (χ0) is 13.8. The predicted octanol–water partition coefficient (Wildman–Crippen LogP) is 2.37. The van der Waals surface area contributed by atoms with E-state index in [1.807, 2.05) is 6.20 Å². The molecule has 1 aromatic rings. The molecule has 106 valence electrons. The lowest BCUT2D eigenvalue weighted by Crippen LogP contribution is -2.45. The van der Waals surface area contributed by atoms with Gasteiger partial charge in [0.1, 0.15) is 5.82 Å². The van der Waals surface area contributed by atoms with Gasteiger partial charge in [-0.2, -0.15) is 0 Å². The number of anilines is 1. The van der Waals surface area contributed by atoms with Crippen molar-refractivity contribution in [1.29, 1.82) is 0 Å². The highest BCUT2D eigenvalue weighted by Gasteiger charge is 2.23. The van der Waals surface area contributed by atoms with E-state index in [1.54, 1.807) is 0 Å². The monoisotopic (exact) mass is 263 g/mol. The molecule has 1 aliphatic rings. The first kappa shape index (κ1) is 14.3. The smallest absolute Gasteiger partial charge is 0.128 e. The number of morpholine rings is 1. The minimum Gasteiger partial charge on any atom is -0.372 e. The second-order valence-corrected chi connectivity index (χ2v) is 5.39. The van der Waals surface area contributed by atoms with Crippen LogP contribution in [0.2, 0.25) is 0 Å². The topological polar surface area (TPSA) is 37.4 Å². The molecule has 1 saturated heterocycles. The van der Waals surface area contributed by atoms with Crippen molar-refractivity contribution in [2.45, 2.75) is 45.9 Å². The first-order chi connectivity index (χ1) is 9.10. The molecule has 0 amide bonds. The Kier molecular flexibility index (Phi) is 4.77. The predicted molar refractivity (Wildman–Crippen MR) is 78.6 cm³/mol.